The van der Waals surface area contributed by atoms with Gasteiger partial charge in [-0.15, -0.1) is 0 Å². The summed E-state index contributed by atoms with van der Waals surface area (Å²) in [6.45, 7) is 12.1. The average Bonchev–Trinajstić information content (AvgIpc) is 2.86. The van der Waals surface area contributed by atoms with Crippen LogP contribution in [0, 0.1) is 26.7 Å². The second-order valence-corrected chi connectivity index (χ2v) is 8.73. The first-order valence-electron chi connectivity index (χ1n) is 9.78. The molecule has 1 amide bonds. The van der Waals surface area contributed by atoms with E-state index in [4.69, 9.17) is 9.47 Å². The summed E-state index contributed by atoms with van der Waals surface area (Å²) in [5, 5.41) is 0. The van der Waals surface area contributed by atoms with Gasteiger partial charge in [-0.2, -0.15) is 0 Å². The molecule has 1 aliphatic carbocycles. The van der Waals surface area contributed by atoms with E-state index < -0.39 is 5.60 Å². The lowest BCUT2D eigenvalue weighted by Crippen LogP contribution is -2.35. The van der Waals surface area contributed by atoms with Gasteiger partial charge in [-0.05, 0) is 64.7 Å². The molecule has 0 saturated heterocycles. The fourth-order valence-electron chi connectivity index (χ4n) is 3.80. The normalized spacial score (nSPS) is 17.1. The number of rotatable bonds is 5. The van der Waals surface area contributed by atoms with Crippen LogP contribution in [0.4, 0.5) is 4.79 Å². The Morgan fingerprint density at radius 1 is 1.18 bits per heavy atom. The molecule has 0 spiro atoms. The first kappa shape index (κ1) is 22.0. The Morgan fingerprint density at radius 2 is 1.75 bits per heavy atom. The minimum absolute atomic E-state index is 0.101. The van der Waals surface area contributed by atoms with Crippen LogP contribution in [0.5, 0.6) is 0 Å². The van der Waals surface area contributed by atoms with Gasteiger partial charge in [0.1, 0.15) is 11.4 Å². The lowest BCUT2D eigenvalue weighted by atomic mass is 9.90. The van der Waals surface area contributed by atoms with Crippen LogP contribution in [0.15, 0.2) is 17.9 Å². The van der Waals surface area contributed by atoms with Crippen molar-refractivity contribution in [3.05, 3.63) is 40.1 Å². The molecular formula is C23H33NO4. The second kappa shape index (κ2) is 8.38. The number of hydrogen-bond acceptors (Lipinski definition) is 4. The van der Waals surface area contributed by atoms with E-state index in [1.165, 1.54) is 10.5 Å². The summed E-state index contributed by atoms with van der Waals surface area (Å²) in [6, 6.07) is 4.19. The Kier molecular flexibility index (Phi) is 6.58. The molecular weight excluding hydrogens is 354 g/mol. The van der Waals surface area contributed by atoms with E-state index in [1.807, 2.05) is 34.6 Å². The Hall–Kier alpha value is -2.30. The van der Waals surface area contributed by atoms with Crippen molar-refractivity contribution in [3.63, 3.8) is 0 Å². The van der Waals surface area contributed by atoms with Gasteiger partial charge in [-0.1, -0.05) is 17.7 Å². The Labute approximate surface area is 168 Å². The minimum atomic E-state index is -0.535. The van der Waals surface area contributed by atoms with Gasteiger partial charge >= 0.3 is 6.09 Å². The van der Waals surface area contributed by atoms with Crippen molar-refractivity contribution >= 4 is 17.4 Å². The lowest BCUT2D eigenvalue weighted by molar-refractivity contribution is -0.116. The first-order valence-corrected chi connectivity index (χ1v) is 9.78. The summed E-state index contributed by atoms with van der Waals surface area (Å²) in [5.74, 6) is 0.657. The number of methoxy groups -OCH3 is 1. The van der Waals surface area contributed by atoms with Crippen molar-refractivity contribution < 1.29 is 19.1 Å². The molecule has 5 nitrogen and oxygen atoms in total. The monoisotopic (exact) mass is 387 g/mol. The van der Waals surface area contributed by atoms with E-state index in [9.17, 15) is 9.59 Å². The van der Waals surface area contributed by atoms with Crippen LogP contribution in [0.2, 0.25) is 0 Å². The Bertz CT molecular complexity index is 778. The predicted octanol–water partition coefficient (Wildman–Crippen LogP) is 4.82. The molecule has 1 unspecified atom stereocenters. The van der Waals surface area contributed by atoms with Crippen molar-refractivity contribution in [2.24, 2.45) is 5.92 Å². The van der Waals surface area contributed by atoms with Crippen LogP contribution in [-0.2, 0) is 14.3 Å². The largest absolute Gasteiger partial charge is 0.500 e. The van der Waals surface area contributed by atoms with Crippen molar-refractivity contribution in [2.45, 2.75) is 60.0 Å². The number of carbonyl (C=O) groups excluding carboxylic acids is 2. The Balaban J connectivity index is 2.15. The molecule has 0 aromatic heterocycles. The molecule has 1 aromatic carbocycles. The number of nitrogens with zero attached hydrogens (tertiary/aromatic N) is 1. The second-order valence-electron chi connectivity index (χ2n) is 8.73. The highest BCUT2D eigenvalue weighted by atomic mass is 16.6. The predicted molar refractivity (Wildman–Crippen MR) is 111 cm³/mol. The number of hydrogen-bond donors (Lipinski definition) is 0. The summed E-state index contributed by atoms with van der Waals surface area (Å²) in [7, 11) is 3.32. The minimum Gasteiger partial charge on any atom is -0.500 e. The van der Waals surface area contributed by atoms with Crippen molar-refractivity contribution in [1.29, 1.82) is 0 Å². The highest BCUT2D eigenvalue weighted by Crippen LogP contribution is 2.39. The molecule has 5 heteroatoms. The number of benzene rings is 1. The highest BCUT2D eigenvalue weighted by molar-refractivity contribution is 6.25. The van der Waals surface area contributed by atoms with E-state index >= 15 is 0 Å². The van der Waals surface area contributed by atoms with E-state index in [1.54, 1.807) is 14.2 Å². The molecule has 0 N–H and O–H groups in total. The average molecular weight is 388 g/mol. The third kappa shape index (κ3) is 4.94. The molecule has 2 rings (SSSR count). The Morgan fingerprint density at radius 3 is 2.25 bits per heavy atom. The van der Waals surface area contributed by atoms with Gasteiger partial charge < -0.3 is 14.4 Å². The van der Waals surface area contributed by atoms with Gasteiger partial charge in [0.25, 0.3) is 0 Å². The van der Waals surface area contributed by atoms with Gasteiger partial charge in [0.15, 0.2) is 5.78 Å². The van der Waals surface area contributed by atoms with Crippen LogP contribution >= 0.6 is 0 Å². The van der Waals surface area contributed by atoms with Gasteiger partial charge in [0.2, 0.25) is 0 Å². The molecule has 154 valence electrons. The van der Waals surface area contributed by atoms with Crippen LogP contribution in [0.1, 0.15) is 55.9 Å². The molecule has 0 saturated carbocycles. The standard InChI is InChI=1S/C23H33NO4/c1-14-11-15(2)19(16(3)12-14)20-18(27-8)13-17(21(20)25)9-10-24(7)22(26)28-23(4,5)6/h11-12,17H,9-10,13H2,1-8H3. The molecule has 0 fully saturated rings. The topological polar surface area (TPSA) is 55.8 Å². The molecule has 28 heavy (non-hydrogen) atoms. The van der Waals surface area contributed by atoms with Crippen LogP contribution in [-0.4, -0.2) is 43.1 Å². The summed E-state index contributed by atoms with van der Waals surface area (Å²) in [4.78, 5) is 26.9. The number of ketones is 1. The molecule has 0 heterocycles. The summed E-state index contributed by atoms with van der Waals surface area (Å²) < 4.78 is 11.0. The number of allylic oxidation sites excluding steroid dienone is 2. The zero-order valence-electron chi connectivity index (χ0n) is 18.4. The van der Waals surface area contributed by atoms with Crippen LogP contribution in [0.25, 0.3) is 5.57 Å². The molecule has 0 bridgehead atoms. The van der Waals surface area contributed by atoms with Gasteiger partial charge in [-0.25, -0.2) is 4.79 Å². The molecule has 1 aliphatic rings. The van der Waals surface area contributed by atoms with Gasteiger partial charge in [-0.3, -0.25) is 4.79 Å². The number of carbonyl (C=O) groups is 2. The number of Topliss-reactive ketones (excluding diaryl/α,β-unsaturated/α-hetero) is 1. The molecule has 1 atom stereocenters. The fourth-order valence-corrected chi connectivity index (χ4v) is 3.80. The third-order valence-electron chi connectivity index (χ3n) is 5.02. The summed E-state index contributed by atoms with van der Waals surface area (Å²) >= 11 is 0. The third-order valence-corrected chi connectivity index (χ3v) is 5.02. The zero-order chi connectivity index (χ0) is 21.2. The number of ether oxygens (including phenoxy) is 2. The number of amides is 1. The number of aryl methyl sites for hydroxylation is 3. The maximum atomic E-state index is 13.2. The van der Waals surface area contributed by atoms with Crippen molar-refractivity contribution in [2.75, 3.05) is 20.7 Å². The first-order chi connectivity index (χ1) is 12.9. The fraction of sp³-hybridized carbons (Fsp3) is 0.565. The van der Waals surface area contributed by atoms with E-state index in [0.717, 1.165) is 22.4 Å². The van der Waals surface area contributed by atoms with E-state index in [-0.39, 0.29) is 17.8 Å². The quantitative estimate of drug-likeness (QED) is 0.727. The van der Waals surface area contributed by atoms with E-state index in [0.29, 0.717) is 25.0 Å². The van der Waals surface area contributed by atoms with Gasteiger partial charge in [0.05, 0.1) is 12.7 Å². The molecule has 0 radical (unpaired) electrons. The summed E-state index contributed by atoms with van der Waals surface area (Å²) in [6.07, 6.45) is 0.775. The van der Waals surface area contributed by atoms with Crippen LogP contribution in [0.3, 0.4) is 0 Å². The highest BCUT2D eigenvalue weighted by Gasteiger charge is 2.36. The molecule has 1 aromatic rings. The molecule has 0 aliphatic heterocycles. The SMILES string of the molecule is COC1=C(c2c(C)cc(C)cc2C)C(=O)C(CCN(C)C(=O)OC(C)(C)C)C1. The zero-order valence-corrected chi connectivity index (χ0v) is 18.4. The van der Waals surface area contributed by atoms with Crippen molar-refractivity contribution in [3.8, 4) is 0 Å². The smallest absolute Gasteiger partial charge is 0.410 e. The maximum absolute atomic E-state index is 13.2. The van der Waals surface area contributed by atoms with Gasteiger partial charge in [0, 0.05) is 25.9 Å². The lowest BCUT2D eigenvalue weighted by Gasteiger charge is -2.25. The van der Waals surface area contributed by atoms with E-state index in [2.05, 4.69) is 19.1 Å². The summed E-state index contributed by atoms with van der Waals surface area (Å²) in [5.41, 5.74) is 4.49. The van der Waals surface area contributed by atoms with Crippen LogP contribution < -0.4 is 0 Å². The maximum Gasteiger partial charge on any atom is 0.410 e. The van der Waals surface area contributed by atoms with Crippen molar-refractivity contribution in [1.82, 2.24) is 4.90 Å².